The highest BCUT2D eigenvalue weighted by Gasteiger charge is 2.42. The zero-order chi connectivity index (χ0) is 11.7. The van der Waals surface area contributed by atoms with Crippen LogP contribution in [0.5, 0.6) is 0 Å². The highest BCUT2D eigenvalue weighted by Crippen LogP contribution is 2.41. The molecular weight excluding hydrogens is 254 g/mol. The van der Waals surface area contributed by atoms with Crippen molar-refractivity contribution in [2.45, 2.75) is 24.9 Å². The first-order valence-corrected chi connectivity index (χ1v) is 7.97. The Labute approximate surface area is 109 Å². The summed E-state index contributed by atoms with van der Waals surface area (Å²) in [5.41, 5.74) is 1.72. The van der Waals surface area contributed by atoms with E-state index >= 15 is 0 Å². The number of nitrogens with zero attached hydrogens (tertiary/aromatic N) is 1. The molecule has 0 saturated carbocycles. The lowest BCUT2D eigenvalue weighted by atomic mass is 9.83. The second-order valence-electron chi connectivity index (χ2n) is 4.75. The van der Waals surface area contributed by atoms with Crippen molar-refractivity contribution in [2.75, 3.05) is 18.1 Å². The van der Waals surface area contributed by atoms with Crippen LogP contribution in [-0.4, -0.2) is 34.5 Å². The number of carbonyl (C=O) groups excluding carboxylic acids is 1. The van der Waals surface area contributed by atoms with E-state index in [9.17, 15) is 4.79 Å². The van der Waals surface area contributed by atoms with Crippen LogP contribution >= 0.6 is 23.1 Å². The van der Waals surface area contributed by atoms with Gasteiger partial charge in [-0.05, 0) is 25.0 Å². The second-order valence-corrected chi connectivity index (χ2v) is 6.75. The molecule has 2 unspecified atom stereocenters. The third-order valence-corrected chi connectivity index (χ3v) is 5.62. The lowest BCUT2D eigenvalue weighted by Crippen LogP contribution is -2.41. The number of thioether (sulfide) groups is 1. The first-order valence-electron chi connectivity index (χ1n) is 5.94. The summed E-state index contributed by atoms with van der Waals surface area (Å²) in [5, 5.41) is 0. The Hall–Kier alpha value is -0.390. The van der Waals surface area contributed by atoms with Crippen LogP contribution in [0.3, 0.4) is 0 Å². The largest absolute Gasteiger partial charge is 0.374 e. The molecular formula is C12H15NO2S2. The smallest absolute Gasteiger partial charge is 0.177 e. The van der Waals surface area contributed by atoms with Crippen LogP contribution in [0.2, 0.25) is 0 Å². The molecule has 3 heterocycles. The van der Waals surface area contributed by atoms with Gasteiger partial charge in [-0.1, -0.05) is 0 Å². The number of hydrogen-bond acceptors (Lipinski definition) is 5. The van der Waals surface area contributed by atoms with Gasteiger partial charge in [-0.3, -0.25) is 9.78 Å². The molecule has 0 aromatic carbocycles. The van der Waals surface area contributed by atoms with Crippen molar-refractivity contribution in [2.24, 2.45) is 5.92 Å². The summed E-state index contributed by atoms with van der Waals surface area (Å²) in [5.74, 6) is 2.64. The van der Waals surface area contributed by atoms with E-state index < -0.39 is 0 Å². The molecule has 5 heteroatoms. The number of rotatable bonds is 2. The molecule has 1 aromatic rings. The van der Waals surface area contributed by atoms with Gasteiger partial charge in [0.25, 0.3) is 0 Å². The van der Waals surface area contributed by atoms with Crippen LogP contribution in [0, 0.1) is 5.92 Å². The third kappa shape index (κ3) is 2.28. The summed E-state index contributed by atoms with van der Waals surface area (Å²) >= 11 is 3.39. The Bertz CT molecular complexity index is 399. The topological polar surface area (TPSA) is 39.2 Å². The van der Waals surface area contributed by atoms with Gasteiger partial charge in [0, 0.05) is 24.5 Å². The summed E-state index contributed by atoms with van der Waals surface area (Å²) in [7, 11) is 0. The van der Waals surface area contributed by atoms with Crippen LogP contribution < -0.4 is 0 Å². The zero-order valence-corrected chi connectivity index (χ0v) is 11.2. The molecule has 0 amide bonds. The third-order valence-electron chi connectivity index (χ3n) is 3.61. The van der Waals surface area contributed by atoms with E-state index in [1.807, 2.05) is 11.8 Å². The number of aromatic nitrogens is 1. The summed E-state index contributed by atoms with van der Waals surface area (Å²) in [4.78, 5) is 17.1. The molecule has 0 aliphatic carbocycles. The van der Waals surface area contributed by atoms with Crippen LogP contribution in [0.15, 0.2) is 11.7 Å². The first-order chi connectivity index (χ1) is 8.29. The van der Waals surface area contributed by atoms with Crippen LogP contribution in [0.25, 0.3) is 0 Å². The molecule has 3 rings (SSSR count). The molecule has 2 atom stereocenters. The number of ether oxygens (including phenoxy) is 1. The van der Waals surface area contributed by atoms with E-state index in [2.05, 4.69) is 4.98 Å². The Kier molecular flexibility index (Phi) is 3.23. The van der Waals surface area contributed by atoms with Crippen molar-refractivity contribution in [1.82, 2.24) is 4.98 Å². The highest BCUT2D eigenvalue weighted by molar-refractivity contribution is 7.99. The molecule has 0 radical (unpaired) electrons. The maximum absolute atomic E-state index is 12.3. The van der Waals surface area contributed by atoms with Gasteiger partial charge in [0.15, 0.2) is 5.78 Å². The number of hydrogen-bond donors (Lipinski definition) is 0. The summed E-state index contributed by atoms with van der Waals surface area (Å²) in [6, 6.07) is 0. The Balaban J connectivity index is 1.73. The number of thiazole rings is 1. The van der Waals surface area contributed by atoms with Gasteiger partial charge in [0.2, 0.25) is 0 Å². The molecule has 2 saturated heterocycles. The van der Waals surface area contributed by atoms with E-state index in [0.717, 1.165) is 36.5 Å². The molecule has 92 valence electrons. The average Bonchev–Trinajstić information content (AvgIpc) is 3.00. The number of ketones is 1. The second kappa shape index (κ2) is 4.71. The Morgan fingerprint density at radius 3 is 3.24 bits per heavy atom. The molecule has 2 fully saturated rings. The van der Waals surface area contributed by atoms with Crippen LogP contribution in [0.4, 0.5) is 0 Å². The van der Waals surface area contributed by atoms with E-state index in [1.165, 1.54) is 17.1 Å². The minimum atomic E-state index is -0.00602. The lowest BCUT2D eigenvalue weighted by molar-refractivity contribution is -0.0734. The fourth-order valence-electron chi connectivity index (χ4n) is 2.65. The van der Waals surface area contributed by atoms with Crippen molar-refractivity contribution in [3.05, 3.63) is 16.6 Å². The minimum absolute atomic E-state index is 0.00602. The van der Waals surface area contributed by atoms with Gasteiger partial charge in [-0.2, -0.15) is 11.8 Å². The van der Waals surface area contributed by atoms with Crippen molar-refractivity contribution in [3.63, 3.8) is 0 Å². The summed E-state index contributed by atoms with van der Waals surface area (Å²) in [6.45, 7) is 0.732. The zero-order valence-electron chi connectivity index (χ0n) is 9.55. The first kappa shape index (κ1) is 11.7. The fraction of sp³-hybridized carbons (Fsp3) is 0.667. The number of carbonyl (C=O) groups is 1. The monoisotopic (exact) mass is 269 g/mol. The molecule has 17 heavy (non-hydrogen) atoms. The van der Waals surface area contributed by atoms with E-state index in [1.54, 1.807) is 11.7 Å². The SMILES string of the molecule is O=C(c1cncs1)C1CCOC2(CCSC2)C1. The van der Waals surface area contributed by atoms with Gasteiger partial charge in [0.1, 0.15) is 0 Å². The predicted octanol–water partition coefficient (Wildman–Crippen LogP) is 2.63. The highest BCUT2D eigenvalue weighted by atomic mass is 32.2. The van der Waals surface area contributed by atoms with Gasteiger partial charge < -0.3 is 4.74 Å². The van der Waals surface area contributed by atoms with Crippen molar-refractivity contribution in [1.29, 1.82) is 0 Å². The van der Waals surface area contributed by atoms with Gasteiger partial charge in [-0.15, -0.1) is 11.3 Å². The normalized spacial score (nSPS) is 33.1. The van der Waals surface area contributed by atoms with Crippen molar-refractivity contribution in [3.8, 4) is 0 Å². The fourth-order valence-corrected chi connectivity index (χ4v) is 4.67. The van der Waals surface area contributed by atoms with E-state index in [0.29, 0.717) is 0 Å². The Morgan fingerprint density at radius 2 is 2.53 bits per heavy atom. The van der Waals surface area contributed by atoms with E-state index in [-0.39, 0.29) is 17.3 Å². The minimum Gasteiger partial charge on any atom is -0.374 e. The molecule has 3 nitrogen and oxygen atoms in total. The molecule has 1 aromatic heterocycles. The van der Waals surface area contributed by atoms with Crippen molar-refractivity contribution >= 4 is 28.9 Å². The summed E-state index contributed by atoms with van der Waals surface area (Å²) < 4.78 is 5.94. The number of Topliss-reactive ketones (excluding diaryl/α,β-unsaturated/α-hetero) is 1. The van der Waals surface area contributed by atoms with Crippen LogP contribution in [0.1, 0.15) is 28.9 Å². The lowest BCUT2D eigenvalue weighted by Gasteiger charge is -2.36. The molecule has 1 spiro atoms. The maximum Gasteiger partial charge on any atom is 0.177 e. The van der Waals surface area contributed by atoms with Crippen LogP contribution in [-0.2, 0) is 4.74 Å². The van der Waals surface area contributed by atoms with Gasteiger partial charge in [-0.25, -0.2) is 0 Å². The van der Waals surface area contributed by atoms with Gasteiger partial charge in [0.05, 0.1) is 16.0 Å². The molecule has 2 aliphatic heterocycles. The molecule has 0 bridgehead atoms. The average molecular weight is 269 g/mol. The molecule has 2 aliphatic rings. The standard InChI is InChI=1S/C12H15NO2S2/c14-11(10-6-13-8-17-10)9-1-3-15-12(5-9)2-4-16-7-12/h6,8-9H,1-5,7H2. The van der Waals surface area contributed by atoms with E-state index in [4.69, 9.17) is 4.74 Å². The predicted molar refractivity (Wildman–Crippen MR) is 69.8 cm³/mol. The quantitative estimate of drug-likeness (QED) is 0.774. The molecule has 0 N–H and O–H groups in total. The Morgan fingerprint density at radius 1 is 1.59 bits per heavy atom. The summed E-state index contributed by atoms with van der Waals surface area (Å²) in [6.07, 6.45) is 4.56. The van der Waals surface area contributed by atoms with Crippen molar-refractivity contribution < 1.29 is 9.53 Å². The maximum atomic E-state index is 12.3. The van der Waals surface area contributed by atoms with Gasteiger partial charge >= 0.3 is 0 Å².